The summed E-state index contributed by atoms with van der Waals surface area (Å²) in [5.74, 6) is 0.518. The number of amides is 1. The number of nitrogens with one attached hydrogen (secondary N) is 1. The second-order valence-corrected chi connectivity index (χ2v) is 6.16. The molecule has 0 unspecified atom stereocenters. The van der Waals surface area contributed by atoms with Gasteiger partial charge in [0.25, 0.3) is 0 Å². The topological polar surface area (TPSA) is 62.1 Å². The Morgan fingerprint density at radius 1 is 0.964 bits per heavy atom. The van der Waals surface area contributed by atoms with Crippen LogP contribution in [-0.2, 0) is 17.8 Å². The first-order valence-electron chi connectivity index (χ1n) is 8.95. The predicted molar refractivity (Wildman–Crippen MR) is 111 cm³/mol. The van der Waals surface area contributed by atoms with Crippen molar-refractivity contribution in [2.45, 2.75) is 13.0 Å². The monoisotopic (exact) mass is 368 g/mol. The van der Waals surface area contributed by atoms with Crippen molar-refractivity contribution < 1.29 is 9.53 Å². The lowest BCUT2D eigenvalue weighted by Gasteiger charge is -2.11. The van der Waals surface area contributed by atoms with Crippen LogP contribution in [0.15, 0.2) is 84.9 Å². The molecule has 0 saturated heterocycles. The average Bonchev–Trinajstić information content (AvgIpc) is 2.74. The van der Waals surface area contributed by atoms with Gasteiger partial charge >= 0.3 is 0 Å². The van der Waals surface area contributed by atoms with Crippen LogP contribution in [-0.4, -0.2) is 5.91 Å². The Bertz CT molecular complexity index is 987. The second kappa shape index (κ2) is 9.75. The van der Waals surface area contributed by atoms with Gasteiger partial charge in [-0.25, -0.2) is 0 Å². The highest BCUT2D eigenvalue weighted by atomic mass is 16.5. The molecule has 138 valence electrons. The summed E-state index contributed by atoms with van der Waals surface area (Å²) in [6.45, 7) is 0.330. The quantitative estimate of drug-likeness (QED) is 0.598. The van der Waals surface area contributed by atoms with E-state index in [1.165, 1.54) is 6.08 Å². The van der Waals surface area contributed by atoms with Crippen molar-refractivity contribution >= 4 is 17.7 Å². The van der Waals surface area contributed by atoms with Crippen LogP contribution < -0.4 is 10.1 Å². The number of anilines is 1. The number of ether oxygens (including phenoxy) is 1. The zero-order valence-electron chi connectivity index (χ0n) is 15.3. The van der Waals surface area contributed by atoms with Crippen molar-refractivity contribution in [1.29, 1.82) is 5.26 Å². The smallest absolute Gasteiger partial charge is 0.248 e. The molecule has 4 heteroatoms. The first-order valence-corrected chi connectivity index (χ1v) is 8.95. The van der Waals surface area contributed by atoms with E-state index in [1.54, 1.807) is 6.08 Å². The fourth-order valence-corrected chi connectivity index (χ4v) is 2.63. The number of benzene rings is 3. The lowest BCUT2D eigenvalue weighted by molar-refractivity contribution is -0.111. The van der Waals surface area contributed by atoms with E-state index >= 15 is 0 Å². The molecule has 0 aliphatic rings. The van der Waals surface area contributed by atoms with E-state index in [0.29, 0.717) is 24.5 Å². The second-order valence-electron chi connectivity index (χ2n) is 6.16. The highest BCUT2D eigenvalue weighted by Gasteiger charge is 2.05. The van der Waals surface area contributed by atoms with Crippen LogP contribution in [0.1, 0.15) is 16.7 Å². The zero-order chi connectivity index (χ0) is 19.6. The van der Waals surface area contributed by atoms with E-state index in [4.69, 9.17) is 10.00 Å². The molecule has 3 aromatic rings. The summed E-state index contributed by atoms with van der Waals surface area (Å²) < 4.78 is 5.82. The van der Waals surface area contributed by atoms with Crippen molar-refractivity contribution in [2.24, 2.45) is 0 Å². The Morgan fingerprint density at radius 2 is 1.68 bits per heavy atom. The molecule has 0 heterocycles. The van der Waals surface area contributed by atoms with E-state index in [2.05, 4.69) is 11.4 Å². The molecule has 0 saturated carbocycles. The molecule has 1 N–H and O–H groups in total. The molecule has 4 nitrogen and oxygen atoms in total. The molecule has 0 aliphatic heterocycles. The predicted octanol–water partition coefficient (Wildman–Crippen LogP) is 4.98. The van der Waals surface area contributed by atoms with Crippen LogP contribution in [0, 0.1) is 11.3 Å². The molecule has 0 spiro atoms. The third-order valence-corrected chi connectivity index (χ3v) is 4.10. The van der Waals surface area contributed by atoms with Crippen LogP contribution >= 0.6 is 0 Å². The number of nitriles is 1. The third-order valence-electron chi connectivity index (χ3n) is 4.10. The van der Waals surface area contributed by atoms with Gasteiger partial charge in [0, 0.05) is 17.3 Å². The summed E-state index contributed by atoms with van der Waals surface area (Å²) in [5, 5.41) is 11.6. The van der Waals surface area contributed by atoms with Gasteiger partial charge in [0.2, 0.25) is 5.91 Å². The normalized spacial score (nSPS) is 10.4. The number of rotatable bonds is 7. The minimum atomic E-state index is -0.197. The summed E-state index contributed by atoms with van der Waals surface area (Å²) >= 11 is 0. The molecule has 0 radical (unpaired) electrons. The number of nitrogens with zero attached hydrogens (tertiary/aromatic N) is 1. The van der Waals surface area contributed by atoms with Gasteiger partial charge in [0.05, 0.1) is 12.5 Å². The van der Waals surface area contributed by atoms with Crippen LogP contribution in [0.25, 0.3) is 6.08 Å². The molecular formula is C24H20N2O2. The lowest BCUT2D eigenvalue weighted by Crippen LogP contribution is -2.10. The fourth-order valence-electron chi connectivity index (χ4n) is 2.63. The number of hydrogen-bond donors (Lipinski definition) is 1. The van der Waals surface area contributed by atoms with Crippen molar-refractivity contribution in [3.05, 3.63) is 102 Å². The summed E-state index contributed by atoms with van der Waals surface area (Å²) in [5.41, 5.74) is 3.51. The molecule has 3 aromatic carbocycles. The van der Waals surface area contributed by atoms with Crippen molar-refractivity contribution in [1.82, 2.24) is 0 Å². The highest BCUT2D eigenvalue weighted by molar-refractivity contribution is 6.02. The Morgan fingerprint density at radius 3 is 2.43 bits per heavy atom. The third kappa shape index (κ3) is 5.58. The van der Waals surface area contributed by atoms with Crippen LogP contribution in [0.5, 0.6) is 5.75 Å². The van der Waals surface area contributed by atoms with Crippen LogP contribution in [0.3, 0.4) is 0 Å². The van der Waals surface area contributed by atoms with Gasteiger partial charge in [0.1, 0.15) is 12.4 Å². The first kappa shape index (κ1) is 18.9. The summed E-state index contributed by atoms with van der Waals surface area (Å²) in [7, 11) is 0. The molecule has 0 bridgehead atoms. The lowest BCUT2D eigenvalue weighted by atomic mass is 10.1. The van der Waals surface area contributed by atoms with Crippen LogP contribution in [0.2, 0.25) is 0 Å². The number of carbonyl (C=O) groups excluding carboxylic acids is 1. The van der Waals surface area contributed by atoms with Gasteiger partial charge in [-0.1, -0.05) is 60.7 Å². The van der Waals surface area contributed by atoms with Gasteiger partial charge in [-0.3, -0.25) is 4.79 Å². The van der Waals surface area contributed by atoms with Crippen molar-refractivity contribution in [2.75, 3.05) is 5.32 Å². The van der Waals surface area contributed by atoms with E-state index < -0.39 is 0 Å². The van der Waals surface area contributed by atoms with E-state index in [-0.39, 0.29) is 5.91 Å². The fraction of sp³-hybridized carbons (Fsp3) is 0.0833. The number of para-hydroxylation sites is 1. The SMILES string of the molecule is N#CCc1ccc(OCc2ccccc2NC(=O)/C=C/c2ccccc2)cc1. The molecule has 3 rings (SSSR count). The van der Waals surface area contributed by atoms with Gasteiger partial charge in [0.15, 0.2) is 0 Å². The Kier molecular flexibility index (Phi) is 6.59. The molecule has 1 amide bonds. The first-order chi connectivity index (χ1) is 13.7. The largest absolute Gasteiger partial charge is 0.489 e. The average molecular weight is 368 g/mol. The molecule has 0 atom stereocenters. The van der Waals surface area contributed by atoms with Gasteiger partial charge in [-0.05, 0) is 35.4 Å². The van der Waals surface area contributed by atoms with Crippen LogP contribution in [0.4, 0.5) is 5.69 Å². The molecule has 0 fully saturated rings. The molecule has 0 aromatic heterocycles. The molecule has 0 aliphatic carbocycles. The Hall–Kier alpha value is -3.84. The van der Waals surface area contributed by atoms with Crippen molar-refractivity contribution in [3.8, 4) is 11.8 Å². The van der Waals surface area contributed by atoms with E-state index in [0.717, 1.165) is 16.7 Å². The Labute approximate surface area is 164 Å². The zero-order valence-corrected chi connectivity index (χ0v) is 15.3. The maximum atomic E-state index is 12.2. The van der Waals surface area contributed by atoms with Gasteiger partial charge < -0.3 is 10.1 Å². The molecule has 28 heavy (non-hydrogen) atoms. The summed E-state index contributed by atoms with van der Waals surface area (Å²) in [6, 6.07) is 26.8. The number of carbonyl (C=O) groups is 1. The van der Waals surface area contributed by atoms with Gasteiger partial charge in [-0.2, -0.15) is 5.26 Å². The maximum Gasteiger partial charge on any atom is 0.248 e. The van der Waals surface area contributed by atoms with E-state index in [1.807, 2.05) is 78.9 Å². The maximum absolute atomic E-state index is 12.2. The standard InChI is InChI=1S/C24H20N2O2/c25-17-16-20-10-13-22(14-11-20)28-18-21-8-4-5-9-23(21)26-24(27)15-12-19-6-2-1-3-7-19/h1-15H,16,18H2,(H,26,27)/b15-12+. The summed E-state index contributed by atoms with van der Waals surface area (Å²) in [6.07, 6.45) is 3.67. The van der Waals surface area contributed by atoms with E-state index in [9.17, 15) is 4.79 Å². The minimum absolute atomic E-state index is 0.197. The Balaban J connectivity index is 1.61. The summed E-state index contributed by atoms with van der Waals surface area (Å²) in [4.78, 5) is 12.2. The molecular weight excluding hydrogens is 348 g/mol. The van der Waals surface area contributed by atoms with Gasteiger partial charge in [-0.15, -0.1) is 0 Å². The minimum Gasteiger partial charge on any atom is -0.489 e. The van der Waals surface area contributed by atoms with Crippen molar-refractivity contribution in [3.63, 3.8) is 0 Å². The number of hydrogen-bond acceptors (Lipinski definition) is 3. The highest BCUT2D eigenvalue weighted by Crippen LogP contribution is 2.19.